The average molecular weight is 789 g/mol. The summed E-state index contributed by atoms with van der Waals surface area (Å²) in [5.41, 5.74) is 2.89. The van der Waals surface area contributed by atoms with Crippen LogP contribution in [0.5, 0.6) is 0 Å². The summed E-state index contributed by atoms with van der Waals surface area (Å²) in [6.07, 6.45) is 8.77. The summed E-state index contributed by atoms with van der Waals surface area (Å²) in [6.45, 7) is 9.23. The molecule has 0 aliphatic carbocycles. The minimum atomic E-state index is -0.464. The number of benzene rings is 2. The molecule has 15 heteroatoms. The highest BCUT2D eigenvalue weighted by molar-refractivity contribution is 6.28. The van der Waals surface area contributed by atoms with E-state index in [-0.39, 0.29) is 17.1 Å². The first-order valence-corrected chi connectivity index (χ1v) is 20.3. The van der Waals surface area contributed by atoms with Crippen LogP contribution in [-0.2, 0) is 9.59 Å². The fraction of sp³-hybridized carbons (Fsp3) is 0.429. The van der Waals surface area contributed by atoms with Crippen molar-refractivity contribution >= 4 is 64.0 Å². The normalized spacial score (nSPS) is 23.0. The van der Waals surface area contributed by atoms with Crippen LogP contribution in [0.4, 0.5) is 29.0 Å². The van der Waals surface area contributed by atoms with Crippen molar-refractivity contribution < 1.29 is 9.59 Å². The second kappa shape index (κ2) is 15.7. The Morgan fingerprint density at radius 3 is 1.82 bits per heavy atom. The lowest BCUT2D eigenvalue weighted by molar-refractivity contribution is -0.124. The molecule has 2 saturated heterocycles. The third-order valence-corrected chi connectivity index (χ3v) is 12.3. The van der Waals surface area contributed by atoms with Gasteiger partial charge in [0.05, 0.1) is 25.5 Å². The van der Waals surface area contributed by atoms with Crippen molar-refractivity contribution in [3.63, 3.8) is 0 Å². The molecule has 2 aromatic heterocycles. The van der Waals surface area contributed by atoms with Crippen LogP contribution in [0, 0.1) is 0 Å². The van der Waals surface area contributed by atoms with Gasteiger partial charge in [-0.3, -0.25) is 24.5 Å². The zero-order valence-electron chi connectivity index (χ0n) is 33.0. The van der Waals surface area contributed by atoms with Gasteiger partial charge in [0, 0.05) is 51.4 Å². The summed E-state index contributed by atoms with van der Waals surface area (Å²) >= 11 is 5.89. The van der Waals surface area contributed by atoms with Gasteiger partial charge in [-0.1, -0.05) is 74.5 Å². The molecule has 57 heavy (non-hydrogen) atoms. The fourth-order valence-corrected chi connectivity index (χ4v) is 9.20. The van der Waals surface area contributed by atoms with Crippen molar-refractivity contribution in [2.45, 2.75) is 63.5 Å². The van der Waals surface area contributed by atoms with Gasteiger partial charge in [-0.25, -0.2) is 9.97 Å². The number of aliphatic imine (C=N–C) groups is 2. The smallest absolute Gasteiger partial charge is 0.252 e. The number of amides is 2. The van der Waals surface area contributed by atoms with Crippen molar-refractivity contribution in [2.75, 3.05) is 77.9 Å². The Kier molecular flexibility index (Phi) is 10.6. The van der Waals surface area contributed by atoms with Gasteiger partial charge in [0.2, 0.25) is 11.2 Å². The number of fused-ring (bicyclic) bond motifs is 6. The van der Waals surface area contributed by atoms with E-state index in [9.17, 15) is 9.59 Å². The van der Waals surface area contributed by atoms with E-state index in [2.05, 4.69) is 83.1 Å². The summed E-state index contributed by atoms with van der Waals surface area (Å²) in [7, 11) is 3.62. The maximum absolute atomic E-state index is 13.1. The van der Waals surface area contributed by atoms with Crippen LogP contribution >= 0.6 is 11.6 Å². The molecule has 6 aliphatic heterocycles. The second-order valence-corrected chi connectivity index (χ2v) is 15.3. The summed E-state index contributed by atoms with van der Waals surface area (Å²) in [4.78, 5) is 62.4. The van der Waals surface area contributed by atoms with Crippen LogP contribution in [0.25, 0.3) is 0 Å². The van der Waals surface area contributed by atoms with E-state index >= 15 is 0 Å². The Balaban J connectivity index is 0.000000133. The number of nitrogens with one attached hydrogen (secondary N) is 1. The van der Waals surface area contributed by atoms with Crippen molar-refractivity contribution in [3.8, 4) is 0 Å². The molecule has 10 rings (SSSR count). The molecule has 2 atom stereocenters. The number of anilines is 5. The van der Waals surface area contributed by atoms with Crippen LogP contribution in [0.3, 0.4) is 0 Å². The highest BCUT2D eigenvalue weighted by atomic mass is 35.5. The Labute approximate surface area is 338 Å². The van der Waals surface area contributed by atoms with Crippen LogP contribution in [0.1, 0.15) is 63.5 Å². The van der Waals surface area contributed by atoms with Crippen molar-refractivity contribution in [1.29, 1.82) is 0 Å². The molecule has 0 bridgehead atoms. The van der Waals surface area contributed by atoms with Crippen LogP contribution < -0.4 is 29.8 Å². The van der Waals surface area contributed by atoms with E-state index in [4.69, 9.17) is 16.6 Å². The van der Waals surface area contributed by atoms with E-state index in [0.29, 0.717) is 5.95 Å². The summed E-state index contributed by atoms with van der Waals surface area (Å²) in [6, 6.07) is 20.4. The van der Waals surface area contributed by atoms with Crippen molar-refractivity contribution in [1.82, 2.24) is 25.3 Å². The third-order valence-electron chi connectivity index (χ3n) is 12.1. The molecule has 0 saturated carbocycles. The largest absolute Gasteiger partial charge is 0.368 e. The number of hydrogen-bond donors (Lipinski definition) is 1. The predicted molar refractivity (Wildman–Crippen MR) is 226 cm³/mol. The molecular formula is C42H49ClN12O2. The average Bonchev–Trinajstić information content (AvgIpc) is 4.10. The van der Waals surface area contributed by atoms with Gasteiger partial charge in [-0.05, 0) is 50.1 Å². The Morgan fingerprint density at radius 2 is 1.26 bits per heavy atom. The van der Waals surface area contributed by atoms with E-state index in [1.807, 2.05) is 43.4 Å². The molecule has 2 amide bonds. The van der Waals surface area contributed by atoms with Gasteiger partial charge in [0.1, 0.15) is 34.1 Å². The molecular weight excluding hydrogens is 740 g/mol. The third kappa shape index (κ3) is 6.63. The molecule has 2 aromatic carbocycles. The number of carbonyl (C=O) groups is 2. The molecule has 2 fully saturated rings. The molecule has 0 unspecified atom stereocenters. The van der Waals surface area contributed by atoms with Gasteiger partial charge in [0.25, 0.3) is 11.8 Å². The number of halogens is 1. The van der Waals surface area contributed by atoms with Gasteiger partial charge >= 0.3 is 0 Å². The second-order valence-electron chi connectivity index (χ2n) is 15.0. The fourth-order valence-electron chi connectivity index (χ4n) is 9.07. The summed E-state index contributed by atoms with van der Waals surface area (Å²) in [5.74, 6) is 4.54. The lowest BCUT2D eigenvalue weighted by Crippen LogP contribution is -2.59. The number of rotatable bonds is 5. The van der Waals surface area contributed by atoms with Gasteiger partial charge in [-0.15, -0.1) is 0 Å². The zero-order chi connectivity index (χ0) is 39.7. The SMILES string of the molecule is CC[C@@]12CCCN1c1nc(Cl)ncc1N(C)C2=O.CC[C@@]12CCCN1c1nc(N3CCN=C3c3ccccc3)ncc1N(C)C2=O.c1ccc(C2=NCCN2)cc1. The van der Waals surface area contributed by atoms with E-state index in [1.165, 1.54) is 5.56 Å². The van der Waals surface area contributed by atoms with Crippen molar-refractivity contribution in [2.24, 2.45) is 9.98 Å². The number of carbonyl (C=O) groups excluding carboxylic acids is 2. The Morgan fingerprint density at radius 1 is 0.702 bits per heavy atom. The maximum atomic E-state index is 13.1. The molecule has 4 aromatic rings. The van der Waals surface area contributed by atoms with Gasteiger partial charge in [-0.2, -0.15) is 9.97 Å². The van der Waals surface area contributed by atoms with E-state index in [1.54, 1.807) is 29.2 Å². The minimum absolute atomic E-state index is 0.140. The molecule has 0 spiro atoms. The molecule has 14 nitrogen and oxygen atoms in total. The molecule has 296 valence electrons. The first kappa shape index (κ1) is 38.3. The monoisotopic (exact) mass is 788 g/mol. The topological polar surface area (TPSA) is 139 Å². The quantitative estimate of drug-likeness (QED) is 0.263. The predicted octanol–water partition coefficient (Wildman–Crippen LogP) is 5.36. The lowest BCUT2D eigenvalue weighted by Gasteiger charge is -2.45. The summed E-state index contributed by atoms with van der Waals surface area (Å²) in [5, 5.41) is 3.45. The molecule has 6 aliphatic rings. The van der Waals surface area contributed by atoms with Crippen molar-refractivity contribution in [3.05, 3.63) is 89.5 Å². The van der Waals surface area contributed by atoms with Crippen LogP contribution in [-0.4, -0.2) is 108 Å². The number of amidine groups is 2. The number of aromatic nitrogens is 4. The van der Waals surface area contributed by atoms with Gasteiger partial charge in [0.15, 0.2) is 11.6 Å². The number of hydrogen-bond acceptors (Lipinski definition) is 12. The number of nitrogens with zero attached hydrogens (tertiary/aromatic N) is 11. The summed E-state index contributed by atoms with van der Waals surface area (Å²) < 4.78 is 0. The standard InChI is InChI=1S/C21H24N6O.C12H15ClN4O.C9H10N2/c1-3-21-10-7-12-27(21)18-16(25(2)19(21)28)14-23-20(24-18)26-13-11-22-17(26)15-8-5-4-6-9-15;1-3-12-5-4-6-17(12)9-8(16(2)10(12)18)7-14-11(13)15-9;1-2-4-8(5-3-1)9-10-6-7-11-9/h4-6,8-9,14H,3,7,10-13H2,1-2H3;7H,3-6H2,1-2H3;1-5H,6-7H2,(H,10,11)/t21-;12-;/m00./s1. The van der Waals surface area contributed by atoms with Crippen LogP contribution in [0.15, 0.2) is 83.0 Å². The first-order chi connectivity index (χ1) is 27.7. The molecule has 8 heterocycles. The highest BCUT2D eigenvalue weighted by Crippen LogP contribution is 2.47. The van der Waals surface area contributed by atoms with E-state index in [0.717, 1.165) is 118 Å². The first-order valence-electron chi connectivity index (χ1n) is 19.9. The highest BCUT2D eigenvalue weighted by Gasteiger charge is 2.53. The van der Waals surface area contributed by atoms with E-state index < -0.39 is 11.1 Å². The molecule has 0 radical (unpaired) electrons. The number of likely N-dealkylation sites (N-methyl/N-ethyl adjacent to an activating group) is 2. The van der Waals surface area contributed by atoms with Gasteiger partial charge < -0.3 is 24.9 Å². The molecule has 1 N–H and O–H groups in total. The lowest BCUT2D eigenvalue weighted by atomic mass is 9.89. The maximum Gasteiger partial charge on any atom is 0.252 e. The van der Waals surface area contributed by atoms with Crippen LogP contribution in [0.2, 0.25) is 5.28 Å². The minimum Gasteiger partial charge on any atom is -0.368 e. The zero-order valence-corrected chi connectivity index (χ0v) is 33.8. The Hall–Kier alpha value is -5.63. The Bertz CT molecular complexity index is 2200.